The van der Waals surface area contributed by atoms with Crippen LogP contribution in [0.3, 0.4) is 0 Å². The highest BCUT2D eigenvalue weighted by Gasteiger charge is 2.17. The van der Waals surface area contributed by atoms with Crippen molar-refractivity contribution in [1.82, 2.24) is 5.32 Å². The minimum atomic E-state index is -0.314. The maximum Gasteiger partial charge on any atom is 0.255 e. The fourth-order valence-electron chi connectivity index (χ4n) is 1.10. The van der Waals surface area contributed by atoms with Crippen LogP contribution >= 0.6 is 15.9 Å². The number of hydrogen-bond acceptors (Lipinski definition) is 2. The number of phenols is 1. The van der Waals surface area contributed by atoms with Crippen molar-refractivity contribution in [2.45, 2.75) is 26.3 Å². The molecule has 0 aliphatic heterocycles. The van der Waals surface area contributed by atoms with Gasteiger partial charge in [0.25, 0.3) is 5.91 Å². The second-order valence-electron chi connectivity index (χ2n) is 4.37. The summed E-state index contributed by atoms with van der Waals surface area (Å²) in [5.41, 5.74) is -0.0365. The first-order valence-corrected chi connectivity index (χ1v) is 5.40. The van der Waals surface area contributed by atoms with E-state index in [1.165, 1.54) is 6.07 Å². The lowest BCUT2D eigenvalue weighted by molar-refractivity contribution is 0.0917. The molecule has 1 rings (SSSR count). The van der Waals surface area contributed by atoms with Crippen LogP contribution in [-0.4, -0.2) is 16.6 Å². The second kappa shape index (κ2) is 4.23. The first kappa shape index (κ1) is 12.0. The maximum atomic E-state index is 11.7. The Morgan fingerprint density at radius 1 is 1.40 bits per heavy atom. The zero-order valence-corrected chi connectivity index (χ0v) is 10.6. The van der Waals surface area contributed by atoms with Crippen molar-refractivity contribution in [1.29, 1.82) is 0 Å². The molecule has 0 atom stereocenters. The number of benzene rings is 1. The van der Waals surface area contributed by atoms with Crippen molar-refractivity contribution >= 4 is 21.8 Å². The standard InChI is InChI=1S/C11H14BrNO2/c1-11(2,3)13-10(15)8-6-7(12)4-5-9(8)14/h4-6,14H,1-3H3,(H,13,15). The van der Waals surface area contributed by atoms with Crippen molar-refractivity contribution in [3.63, 3.8) is 0 Å². The monoisotopic (exact) mass is 271 g/mol. The van der Waals surface area contributed by atoms with Gasteiger partial charge in [0.05, 0.1) is 5.56 Å². The third-order valence-electron chi connectivity index (χ3n) is 1.69. The number of amides is 1. The van der Waals surface area contributed by atoms with Gasteiger partial charge < -0.3 is 10.4 Å². The van der Waals surface area contributed by atoms with E-state index in [2.05, 4.69) is 21.2 Å². The zero-order valence-electron chi connectivity index (χ0n) is 8.97. The predicted octanol–water partition coefficient (Wildman–Crippen LogP) is 2.68. The van der Waals surface area contributed by atoms with E-state index >= 15 is 0 Å². The molecule has 1 amide bonds. The van der Waals surface area contributed by atoms with Gasteiger partial charge in [0.15, 0.2) is 0 Å². The number of aromatic hydroxyl groups is 1. The van der Waals surface area contributed by atoms with Gasteiger partial charge in [-0.3, -0.25) is 4.79 Å². The summed E-state index contributed by atoms with van der Waals surface area (Å²) in [6.07, 6.45) is 0. The van der Waals surface area contributed by atoms with E-state index in [0.29, 0.717) is 0 Å². The van der Waals surface area contributed by atoms with Crippen LogP contribution in [0.25, 0.3) is 0 Å². The Bertz CT molecular complexity index is 383. The molecule has 82 valence electrons. The number of rotatable bonds is 1. The largest absolute Gasteiger partial charge is 0.507 e. The Balaban J connectivity index is 2.96. The fraction of sp³-hybridized carbons (Fsp3) is 0.364. The average molecular weight is 272 g/mol. The number of halogens is 1. The van der Waals surface area contributed by atoms with E-state index in [-0.39, 0.29) is 22.8 Å². The summed E-state index contributed by atoms with van der Waals surface area (Å²) in [5, 5.41) is 12.3. The SMILES string of the molecule is CC(C)(C)NC(=O)c1cc(Br)ccc1O. The van der Waals surface area contributed by atoms with E-state index in [1.807, 2.05) is 20.8 Å². The molecule has 4 heteroatoms. The number of carbonyl (C=O) groups excluding carboxylic acids is 1. The molecule has 3 nitrogen and oxygen atoms in total. The molecule has 0 saturated heterocycles. The smallest absolute Gasteiger partial charge is 0.255 e. The molecule has 2 N–H and O–H groups in total. The van der Waals surface area contributed by atoms with Gasteiger partial charge in [-0.05, 0) is 39.0 Å². The number of hydrogen-bond donors (Lipinski definition) is 2. The molecule has 0 heterocycles. The van der Waals surface area contributed by atoms with Gasteiger partial charge in [0.2, 0.25) is 0 Å². The lowest BCUT2D eigenvalue weighted by atomic mass is 10.1. The van der Waals surface area contributed by atoms with Gasteiger partial charge in [-0.25, -0.2) is 0 Å². The molecule has 0 fully saturated rings. The Labute approximate surface area is 97.6 Å². The molecule has 0 bridgehead atoms. The quantitative estimate of drug-likeness (QED) is 0.825. The zero-order chi connectivity index (χ0) is 11.6. The highest BCUT2D eigenvalue weighted by atomic mass is 79.9. The number of nitrogens with one attached hydrogen (secondary N) is 1. The lowest BCUT2D eigenvalue weighted by Crippen LogP contribution is -2.40. The highest BCUT2D eigenvalue weighted by Crippen LogP contribution is 2.22. The highest BCUT2D eigenvalue weighted by molar-refractivity contribution is 9.10. The van der Waals surface area contributed by atoms with Crippen LogP contribution in [0, 0.1) is 0 Å². The molecule has 0 aliphatic rings. The topological polar surface area (TPSA) is 49.3 Å². The van der Waals surface area contributed by atoms with E-state index in [0.717, 1.165) is 4.47 Å². The van der Waals surface area contributed by atoms with Crippen molar-refractivity contribution in [3.05, 3.63) is 28.2 Å². The Hall–Kier alpha value is -1.03. The number of phenolic OH excluding ortho intramolecular Hbond substituents is 1. The molecule has 0 aliphatic carbocycles. The van der Waals surface area contributed by atoms with E-state index in [1.54, 1.807) is 12.1 Å². The third-order valence-corrected chi connectivity index (χ3v) is 2.19. The minimum Gasteiger partial charge on any atom is -0.507 e. The molecule has 1 aromatic rings. The first-order chi connectivity index (χ1) is 6.79. The van der Waals surface area contributed by atoms with Crippen LogP contribution in [0.2, 0.25) is 0 Å². The predicted molar refractivity (Wildman–Crippen MR) is 63.0 cm³/mol. The lowest BCUT2D eigenvalue weighted by Gasteiger charge is -2.20. The minimum absolute atomic E-state index is 0.0139. The van der Waals surface area contributed by atoms with E-state index < -0.39 is 0 Å². The Kier molecular flexibility index (Phi) is 3.39. The van der Waals surface area contributed by atoms with Crippen LogP contribution in [0.1, 0.15) is 31.1 Å². The summed E-state index contributed by atoms with van der Waals surface area (Å²) in [6.45, 7) is 5.67. The van der Waals surface area contributed by atoms with Gasteiger partial charge >= 0.3 is 0 Å². The Morgan fingerprint density at radius 2 is 2.00 bits per heavy atom. The summed E-state index contributed by atoms with van der Waals surface area (Å²) in [7, 11) is 0. The van der Waals surface area contributed by atoms with E-state index in [9.17, 15) is 9.90 Å². The van der Waals surface area contributed by atoms with Crippen molar-refractivity contribution < 1.29 is 9.90 Å². The first-order valence-electron chi connectivity index (χ1n) is 4.60. The van der Waals surface area contributed by atoms with Gasteiger partial charge in [0.1, 0.15) is 5.75 Å². The van der Waals surface area contributed by atoms with Gasteiger partial charge in [0, 0.05) is 10.0 Å². The normalized spacial score (nSPS) is 11.2. The number of carbonyl (C=O) groups is 1. The van der Waals surface area contributed by atoms with Gasteiger partial charge in [-0.15, -0.1) is 0 Å². The summed E-state index contributed by atoms with van der Waals surface area (Å²) >= 11 is 3.25. The molecular weight excluding hydrogens is 258 g/mol. The molecular formula is C11H14BrNO2. The molecule has 15 heavy (non-hydrogen) atoms. The van der Waals surface area contributed by atoms with Gasteiger partial charge in [-0.1, -0.05) is 15.9 Å². The van der Waals surface area contributed by atoms with Crippen LogP contribution in [0.4, 0.5) is 0 Å². The second-order valence-corrected chi connectivity index (χ2v) is 5.28. The fourth-order valence-corrected chi connectivity index (χ4v) is 1.46. The van der Waals surface area contributed by atoms with Crippen LogP contribution < -0.4 is 5.32 Å². The van der Waals surface area contributed by atoms with Crippen LogP contribution in [0.5, 0.6) is 5.75 Å². The summed E-state index contributed by atoms with van der Waals surface area (Å²) in [5.74, 6) is -0.291. The van der Waals surface area contributed by atoms with Crippen molar-refractivity contribution in [2.75, 3.05) is 0 Å². The third kappa shape index (κ3) is 3.55. The average Bonchev–Trinajstić information content (AvgIpc) is 2.06. The molecule has 0 spiro atoms. The van der Waals surface area contributed by atoms with Gasteiger partial charge in [-0.2, -0.15) is 0 Å². The van der Waals surface area contributed by atoms with Crippen molar-refractivity contribution in [2.24, 2.45) is 0 Å². The molecule has 0 unspecified atom stereocenters. The summed E-state index contributed by atoms with van der Waals surface area (Å²) in [4.78, 5) is 11.7. The molecule has 0 aromatic heterocycles. The molecule has 1 aromatic carbocycles. The molecule has 0 saturated carbocycles. The molecule has 0 radical (unpaired) electrons. The van der Waals surface area contributed by atoms with Crippen LogP contribution in [-0.2, 0) is 0 Å². The van der Waals surface area contributed by atoms with E-state index in [4.69, 9.17) is 0 Å². The maximum absolute atomic E-state index is 11.7. The Morgan fingerprint density at radius 3 is 2.53 bits per heavy atom. The van der Waals surface area contributed by atoms with Crippen molar-refractivity contribution in [3.8, 4) is 5.75 Å². The summed E-state index contributed by atoms with van der Waals surface area (Å²) < 4.78 is 0.763. The van der Waals surface area contributed by atoms with Crippen LogP contribution in [0.15, 0.2) is 22.7 Å². The summed E-state index contributed by atoms with van der Waals surface area (Å²) in [6, 6.07) is 4.77.